The highest BCUT2D eigenvalue weighted by Crippen LogP contribution is 2.23. The van der Waals surface area contributed by atoms with E-state index in [2.05, 4.69) is 10.3 Å². The van der Waals surface area contributed by atoms with Crippen molar-refractivity contribution in [2.75, 3.05) is 19.4 Å². The molecule has 146 valence electrons. The monoisotopic (exact) mass is 397 g/mol. The van der Waals surface area contributed by atoms with E-state index in [1.807, 2.05) is 54.6 Å². The minimum absolute atomic E-state index is 0.109. The minimum atomic E-state index is -1.52. The van der Waals surface area contributed by atoms with Crippen molar-refractivity contribution in [3.63, 3.8) is 0 Å². The van der Waals surface area contributed by atoms with Crippen molar-refractivity contribution in [2.45, 2.75) is 11.6 Å². The zero-order valence-electron chi connectivity index (χ0n) is 15.9. The van der Waals surface area contributed by atoms with E-state index in [4.69, 9.17) is 4.74 Å². The number of imidazole rings is 1. The van der Waals surface area contributed by atoms with Crippen LogP contribution >= 0.6 is 0 Å². The zero-order chi connectivity index (χ0) is 19.9. The number of carbonyl (C=O) groups excluding carboxylic acids is 1. The summed E-state index contributed by atoms with van der Waals surface area (Å²) >= 11 is 0. The topological polar surface area (TPSA) is 73.2 Å². The standard InChI is InChI=1S/C21H23N3O3S/c1-24-19(17-8-10-18(27-2)11-9-17)14-23-21(24)28(26)15-20(25)22-13-12-16-6-4-3-5-7-16/h3-11,14H,12-13,15H2,1-2H3,(H,22,25). The highest BCUT2D eigenvalue weighted by molar-refractivity contribution is 7.85. The van der Waals surface area contributed by atoms with E-state index in [9.17, 15) is 9.00 Å². The number of benzene rings is 2. The average molecular weight is 398 g/mol. The van der Waals surface area contributed by atoms with Gasteiger partial charge in [-0.2, -0.15) is 0 Å². The Hall–Kier alpha value is -2.93. The van der Waals surface area contributed by atoms with Crippen LogP contribution in [0.2, 0.25) is 0 Å². The molecule has 0 bridgehead atoms. The van der Waals surface area contributed by atoms with Crippen LogP contribution in [0.3, 0.4) is 0 Å². The lowest BCUT2D eigenvalue weighted by Gasteiger charge is -2.08. The Morgan fingerprint density at radius 1 is 1.14 bits per heavy atom. The van der Waals surface area contributed by atoms with E-state index < -0.39 is 10.8 Å². The number of amides is 1. The van der Waals surface area contributed by atoms with Crippen molar-refractivity contribution >= 4 is 16.7 Å². The lowest BCUT2D eigenvalue weighted by molar-refractivity contribution is -0.118. The fourth-order valence-corrected chi connectivity index (χ4v) is 3.90. The summed E-state index contributed by atoms with van der Waals surface area (Å²) in [4.78, 5) is 16.4. The molecule has 7 heteroatoms. The quantitative estimate of drug-likeness (QED) is 0.634. The number of hydrogen-bond acceptors (Lipinski definition) is 4. The molecule has 1 unspecified atom stereocenters. The first kappa shape index (κ1) is 19.8. The van der Waals surface area contributed by atoms with Gasteiger partial charge in [0.15, 0.2) is 5.16 Å². The maximum absolute atomic E-state index is 12.6. The Labute approximate surface area is 167 Å². The number of methoxy groups -OCH3 is 1. The summed E-state index contributed by atoms with van der Waals surface area (Å²) < 4.78 is 19.5. The van der Waals surface area contributed by atoms with E-state index in [-0.39, 0.29) is 11.7 Å². The molecule has 1 N–H and O–H groups in total. The number of rotatable bonds is 8. The lowest BCUT2D eigenvalue weighted by Crippen LogP contribution is -2.30. The Balaban J connectivity index is 1.58. The first-order valence-corrected chi connectivity index (χ1v) is 10.3. The minimum Gasteiger partial charge on any atom is -0.497 e. The molecule has 0 fully saturated rings. The summed E-state index contributed by atoms with van der Waals surface area (Å²) in [5.41, 5.74) is 2.92. The normalized spacial score (nSPS) is 11.8. The number of aromatic nitrogens is 2. The van der Waals surface area contributed by atoms with E-state index >= 15 is 0 Å². The lowest BCUT2D eigenvalue weighted by atomic mass is 10.1. The molecule has 1 aromatic heterocycles. The van der Waals surface area contributed by atoms with Crippen LogP contribution < -0.4 is 10.1 Å². The Kier molecular flexibility index (Phi) is 6.60. The average Bonchev–Trinajstić information content (AvgIpc) is 3.10. The summed E-state index contributed by atoms with van der Waals surface area (Å²) in [6, 6.07) is 17.5. The van der Waals surface area contributed by atoms with Gasteiger partial charge in [-0.15, -0.1) is 0 Å². The molecular formula is C21H23N3O3S. The predicted molar refractivity (Wildman–Crippen MR) is 110 cm³/mol. The molecule has 1 heterocycles. The van der Waals surface area contributed by atoms with Crippen molar-refractivity contribution in [2.24, 2.45) is 7.05 Å². The predicted octanol–water partition coefficient (Wildman–Crippen LogP) is 2.56. The summed E-state index contributed by atoms with van der Waals surface area (Å²) in [5, 5.41) is 3.20. The SMILES string of the molecule is COc1ccc(-c2cnc(S(=O)CC(=O)NCCc3ccccc3)n2C)cc1. The van der Waals surface area contributed by atoms with Gasteiger partial charge in [-0.25, -0.2) is 4.98 Å². The van der Waals surface area contributed by atoms with Gasteiger partial charge >= 0.3 is 0 Å². The molecule has 0 spiro atoms. The summed E-state index contributed by atoms with van der Waals surface area (Å²) in [7, 11) is 1.90. The van der Waals surface area contributed by atoms with E-state index in [0.717, 1.165) is 29.0 Å². The summed E-state index contributed by atoms with van der Waals surface area (Å²) in [5.74, 6) is 0.409. The third kappa shape index (κ3) is 4.86. The number of carbonyl (C=O) groups is 1. The van der Waals surface area contributed by atoms with Gasteiger partial charge < -0.3 is 14.6 Å². The summed E-state index contributed by atoms with van der Waals surface area (Å²) in [6.45, 7) is 0.512. The molecule has 3 rings (SSSR count). The highest BCUT2D eigenvalue weighted by atomic mass is 32.2. The first-order chi connectivity index (χ1) is 13.6. The molecule has 6 nitrogen and oxygen atoms in total. The molecule has 1 atom stereocenters. The van der Waals surface area contributed by atoms with Gasteiger partial charge in [0.05, 0.1) is 29.8 Å². The molecule has 2 aromatic carbocycles. The van der Waals surface area contributed by atoms with Crippen molar-refractivity contribution in [3.05, 3.63) is 66.4 Å². The number of nitrogens with one attached hydrogen (secondary N) is 1. The van der Waals surface area contributed by atoms with Crippen molar-refractivity contribution < 1.29 is 13.7 Å². The maximum Gasteiger partial charge on any atom is 0.233 e. The van der Waals surface area contributed by atoms with Gasteiger partial charge in [-0.3, -0.25) is 9.00 Å². The second-order valence-corrected chi connectivity index (χ2v) is 7.63. The van der Waals surface area contributed by atoms with Crippen LogP contribution in [0.15, 0.2) is 66.0 Å². The third-order valence-corrected chi connectivity index (χ3v) is 5.69. The zero-order valence-corrected chi connectivity index (χ0v) is 16.7. The molecule has 0 aliphatic heterocycles. The smallest absolute Gasteiger partial charge is 0.233 e. The number of ether oxygens (including phenoxy) is 1. The van der Waals surface area contributed by atoms with Crippen LogP contribution in [-0.4, -0.2) is 39.1 Å². The van der Waals surface area contributed by atoms with Gasteiger partial charge in [-0.1, -0.05) is 30.3 Å². The fourth-order valence-electron chi connectivity index (χ4n) is 2.86. The number of hydrogen-bond donors (Lipinski definition) is 1. The molecular weight excluding hydrogens is 374 g/mol. The van der Waals surface area contributed by atoms with Gasteiger partial charge in [0.1, 0.15) is 11.5 Å². The highest BCUT2D eigenvalue weighted by Gasteiger charge is 2.17. The molecule has 28 heavy (non-hydrogen) atoms. The van der Waals surface area contributed by atoms with Crippen LogP contribution in [0.4, 0.5) is 0 Å². The largest absolute Gasteiger partial charge is 0.497 e. The van der Waals surface area contributed by atoms with Crippen LogP contribution in [0.5, 0.6) is 5.75 Å². The van der Waals surface area contributed by atoms with Crippen molar-refractivity contribution in [1.82, 2.24) is 14.9 Å². The van der Waals surface area contributed by atoms with Crippen molar-refractivity contribution in [3.8, 4) is 17.0 Å². The molecule has 0 aliphatic rings. The molecule has 0 saturated heterocycles. The Bertz CT molecular complexity index is 953. The van der Waals surface area contributed by atoms with Gasteiger partial charge in [0, 0.05) is 19.2 Å². The van der Waals surface area contributed by atoms with Crippen LogP contribution in [0, 0.1) is 0 Å². The van der Waals surface area contributed by atoms with Crippen LogP contribution in [0.25, 0.3) is 11.3 Å². The second-order valence-electron chi connectivity index (χ2n) is 6.29. The fraction of sp³-hybridized carbons (Fsp3) is 0.238. The van der Waals surface area contributed by atoms with Gasteiger partial charge in [0.2, 0.25) is 5.91 Å². The molecule has 0 aliphatic carbocycles. The van der Waals surface area contributed by atoms with Crippen LogP contribution in [-0.2, 0) is 29.1 Å². The summed E-state index contributed by atoms with van der Waals surface area (Å²) in [6.07, 6.45) is 2.41. The molecule has 3 aromatic rings. The van der Waals surface area contributed by atoms with E-state index in [0.29, 0.717) is 11.7 Å². The first-order valence-electron chi connectivity index (χ1n) is 8.93. The second kappa shape index (κ2) is 9.32. The van der Waals surface area contributed by atoms with Gasteiger partial charge in [0.25, 0.3) is 0 Å². The van der Waals surface area contributed by atoms with Crippen LogP contribution in [0.1, 0.15) is 5.56 Å². The Morgan fingerprint density at radius 3 is 2.54 bits per heavy atom. The van der Waals surface area contributed by atoms with E-state index in [1.165, 1.54) is 0 Å². The molecule has 0 saturated carbocycles. The molecule has 0 radical (unpaired) electrons. The Morgan fingerprint density at radius 2 is 1.86 bits per heavy atom. The van der Waals surface area contributed by atoms with Crippen molar-refractivity contribution in [1.29, 1.82) is 0 Å². The third-order valence-electron chi connectivity index (χ3n) is 4.38. The van der Waals surface area contributed by atoms with Gasteiger partial charge in [-0.05, 0) is 36.2 Å². The maximum atomic E-state index is 12.6. The molecule has 1 amide bonds. The van der Waals surface area contributed by atoms with E-state index in [1.54, 1.807) is 24.9 Å². The number of nitrogens with zero attached hydrogens (tertiary/aromatic N) is 2.